The number of nitrogens with one attached hydrogen (secondary N) is 1. The molecule has 6 nitrogen and oxygen atoms in total. The Morgan fingerprint density at radius 1 is 1.12 bits per heavy atom. The molecule has 0 saturated heterocycles. The Hall–Kier alpha value is -3.38. The Kier molecular flexibility index (Phi) is 5.15. The number of hydrogen-bond acceptors (Lipinski definition) is 4. The Labute approximate surface area is 150 Å². The molecule has 0 spiro atoms. The minimum Gasteiger partial charge on any atom is -0.457 e. The van der Waals surface area contributed by atoms with E-state index in [0.29, 0.717) is 17.2 Å². The van der Waals surface area contributed by atoms with Crippen LogP contribution in [-0.4, -0.2) is 17.0 Å². The van der Waals surface area contributed by atoms with Crippen LogP contribution in [0.25, 0.3) is 11.1 Å². The highest BCUT2D eigenvalue weighted by Crippen LogP contribution is 2.35. The summed E-state index contributed by atoms with van der Waals surface area (Å²) in [5, 5.41) is 2.73. The maximum atomic E-state index is 11.7. The SMILES string of the molecule is Cn1cc(-c2cc(NC(=O)CN)ccc2Oc2ccccc2)ccc1=O. The molecule has 0 aliphatic rings. The lowest BCUT2D eigenvalue weighted by atomic mass is 10.1. The number of ether oxygens (including phenoxy) is 1. The lowest BCUT2D eigenvalue weighted by Crippen LogP contribution is -2.21. The molecule has 0 bridgehead atoms. The van der Waals surface area contributed by atoms with Gasteiger partial charge in [-0.15, -0.1) is 0 Å². The van der Waals surface area contributed by atoms with Crippen molar-refractivity contribution in [3.05, 3.63) is 77.2 Å². The zero-order valence-electron chi connectivity index (χ0n) is 14.3. The summed E-state index contributed by atoms with van der Waals surface area (Å²) >= 11 is 0. The smallest absolute Gasteiger partial charge is 0.250 e. The number of nitrogens with zero attached hydrogens (tertiary/aromatic N) is 1. The fourth-order valence-corrected chi connectivity index (χ4v) is 2.50. The highest BCUT2D eigenvalue weighted by Gasteiger charge is 2.11. The van der Waals surface area contributed by atoms with E-state index in [-0.39, 0.29) is 18.0 Å². The van der Waals surface area contributed by atoms with Gasteiger partial charge in [-0.3, -0.25) is 9.59 Å². The number of pyridine rings is 1. The van der Waals surface area contributed by atoms with E-state index in [1.54, 1.807) is 37.5 Å². The number of para-hydroxylation sites is 1. The fraction of sp³-hybridized carbons (Fsp3) is 0.100. The number of carbonyl (C=O) groups is 1. The maximum absolute atomic E-state index is 11.7. The molecule has 0 atom stereocenters. The van der Waals surface area contributed by atoms with Crippen molar-refractivity contribution in [3.63, 3.8) is 0 Å². The van der Waals surface area contributed by atoms with Gasteiger partial charge in [0.15, 0.2) is 0 Å². The van der Waals surface area contributed by atoms with Crippen molar-refractivity contribution in [3.8, 4) is 22.6 Å². The first-order chi connectivity index (χ1) is 12.6. The molecule has 3 N–H and O–H groups in total. The number of anilines is 1. The third-order valence-electron chi connectivity index (χ3n) is 3.82. The number of aryl methyl sites for hydroxylation is 1. The second-order valence-electron chi connectivity index (χ2n) is 5.75. The second kappa shape index (κ2) is 7.67. The van der Waals surface area contributed by atoms with Crippen LogP contribution in [0.3, 0.4) is 0 Å². The van der Waals surface area contributed by atoms with Crippen LogP contribution < -0.4 is 21.3 Å². The summed E-state index contributed by atoms with van der Waals surface area (Å²) in [5.74, 6) is 1.02. The van der Waals surface area contributed by atoms with Crippen molar-refractivity contribution in [2.45, 2.75) is 0 Å². The molecule has 1 amide bonds. The Morgan fingerprint density at radius 2 is 1.88 bits per heavy atom. The molecule has 0 aliphatic heterocycles. The molecule has 0 fully saturated rings. The molecule has 6 heteroatoms. The Bertz CT molecular complexity index is 981. The highest BCUT2D eigenvalue weighted by molar-refractivity contribution is 5.93. The van der Waals surface area contributed by atoms with E-state index >= 15 is 0 Å². The maximum Gasteiger partial charge on any atom is 0.250 e. The molecule has 3 rings (SSSR count). The first-order valence-electron chi connectivity index (χ1n) is 8.11. The van der Waals surface area contributed by atoms with Crippen molar-refractivity contribution in [2.24, 2.45) is 12.8 Å². The van der Waals surface area contributed by atoms with E-state index < -0.39 is 0 Å². The van der Waals surface area contributed by atoms with Gasteiger partial charge in [0.1, 0.15) is 11.5 Å². The van der Waals surface area contributed by atoms with Crippen molar-refractivity contribution >= 4 is 11.6 Å². The molecule has 2 aromatic carbocycles. The van der Waals surface area contributed by atoms with Gasteiger partial charge >= 0.3 is 0 Å². The van der Waals surface area contributed by atoms with Crippen LogP contribution in [0.15, 0.2) is 71.7 Å². The predicted octanol–water partition coefficient (Wildman–Crippen LogP) is 2.74. The highest BCUT2D eigenvalue weighted by atomic mass is 16.5. The average Bonchev–Trinajstić information content (AvgIpc) is 2.66. The number of carbonyl (C=O) groups excluding carboxylic acids is 1. The first-order valence-corrected chi connectivity index (χ1v) is 8.11. The molecule has 0 unspecified atom stereocenters. The lowest BCUT2D eigenvalue weighted by molar-refractivity contribution is -0.114. The molecule has 3 aromatic rings. The monoisotopic (exact) mass is 349 g/mol. The molecule has 26 heavy (non-hydrogen) atoms. The molecule has 0 radical (unpaired) electrons. The summed E-state index contributed by atoms with van der Waals surface area (Å²) in [4.78, 5) is 23.3. The average molecular weight is 349 g/mol. The van der Waals surface area contributed by atoms with Crippen molar-refractivity contribution in [1.82, 2.24) is 4.57 Å². The zero-order chi connectivity index (χ0) is 18.5. The molecule has 0 aliphatic carbocycles. The van der Waals surface area contributed by atoms with E-state index in [1.807, 2.05) is 30.3 Å². The van der Waals surface area contributed by atoms with E-state index in [9.17, 15) is 9.59 Å². The minimum atomic E-state index is -0.284. The molecule has 132 valence electrons. The van der Waals surface area contributed by atoms with Gasteiger partial charge in [-0.05, 0) is 36.4 Å². The van der Waals surface area contributed by atoms with E-state index in [2.05, 4.69) is 5.32 Å². The molecular formula is C20H19N3O3. The minimum absolute atomic E-state index is 0.0998. The van der Waals surface area contributed by atoms with Gasteiger partial charge in [0.25, 0.3) is 0 Å². The first kappa shape index (κ1) is 17.4. The molecule has 1 aromatic heterocycles. The van der Waals surface area contributed by atoms with Crippen LogP contribution in [0.5, 0.6) is 11.5 Å². The van der Waals surface area contributed by atoms with E-state index in [1.165, 1.54) is 10.6 Å². The second-order valence-corrected chi connectivity index (χ2v) is 5.75. The molecule has 1 heterocycles. The zero-order valence-corrected chi connectivity index (χ0v) is 14.3. The number of hydrogen-bond donors (Lipinski definition) is 2. The number of amides is 1. The van der Waals surface area contributed by atoms with Crippen LogP contribution in [0.4, 0.5) is 5.69 Å². The van der Waals surface area contributed by atoms with Crippen LogP contribution in [0, 0.1) is 0 Å². The molecular weight excluding hydrogens is 330 g/mol. The topological polar surface area (TPSA) is 86.3 Å². The van der Waals surface area contributed by atoms with Gasteiger partial charge < -0.3 is 20.4 Å². The van der Waals surface area contributed by atoms with Gasteiger partial charge in [-0.25, -0.2) is 0 Å². The van der Waals surface area contributed by atoms with Crippen LogP contribution in [0.2, 0.25) is 0 Å². The van der Waals surface area contributed by atoms with Crippen LogP contribution in [-0.2, 0) is 11.8 Å². The van der Waals surface area contributed by atoms with Gasteiger partial charge in [-0.1, -0.05) is 18.2 Å². The predicted molar refractivity (Wildman–Crippen MR) is 101 cm³/mol. The summed E-state index contributed by atoms with van der Waals surface area (Å²) in [7, 11) is 1.68. The van der Waals surface area contributed by atoms with Crippen LogP contribution >= 0.6 is 0 Å². The van der Waals surface area contributed by atoms with Gasteiger partial charge in [-0.2, -0.15) is 0 Å². The van der Waals surface area contributed by atoms with E-state index in [4.69, 9.17) is 10.5 Å². The summed E-state index contributed by atoms with van der Waals surface area (Å²) in [6.45, 7) is -0.0998. The summed E-state index contributed by atoms with van der Waals surface area (Å²) < 4.78 is 7.49. The van der Waals surface area contributed by atoms with E-state index in [0.717, 1.165) is 11.1 Å². The third kappa shape index (κ3) is 3.99. The summed E-state index contributed by atoms with van der Waals surface area (Å²) in [6.07, 6.45) is 1.73. The normalized spacial score (nSPS) is 10.4. The van der Waals surface area contributed by atoms with Crippen molar-refractivity contribution < 1.29 is 9.53 Å². The molecule has 0 saturated carbocycles. The third-order valence-corrected chi connectivity index (χ3v) is 3.82. The lowest BCUT2D eigenvalue weighted by Gasteiger charge is -2.14. The summed E-state index contributed by atoms with van der Waals surface area (Å²) in [5.41, 5.74) is 7.40. The number of nitrogens with two attached hydrogens (primary N) is 1. The quantitative estimate of drug-likeness (QED) is 0.741. The van der Waals surface area contributed by atoms with Gasteiger partial charge in [0.05, 0.1) is 6.54 Å². The van der Waals surface area contributed by atoms with Gasteiger partial charge in [0.2, 0.25) is 11.5 Å². The number of rotatable bonds is 5. The number of benzene rings is 2. The summed E-state index contributed by atoms with van der Waals surface area (Å²) in [6, 6.07) is 17.9. The Morgan fingerprint density at radius 3 is 2.58 bits per heavy atom. The largest absolute Gasteiger partial charge is 0.457 e. The van der Waals surface area contributed by atoms with Crippen molar-refractivity contribution in [2.75, 3.05) is 11.9 Å². The number of aromatic nitrogens is 1. The standard InChI is InChI=1S/C20H19N3O3/c1-23-13-14(7-10-20(23)25)17-11-15(22-19(24)12-21)8-9-18(17)26-16-5-3-2-4-6-16/h2-11,13H,12,21H2,1H3,(H,22,24). The van der Waals surface area contributed by atoms with Crippen molar-refractivity contribution in [1.29, 1.82) is 0 Å². The van der Waals surface area contributed by atoms with Crippen LogP contribution in [0.1, 0.15) is 0 Å². The Balaban J connectivity index is 2.06. The fourth-order valence-electron chi connectivity index (χ4n) is 2.50. The van der Waals surface area contributed by atoms with Gasteiger partial charge in [0, 0.05) is 36.1 Å².